The van der Waals surface area contributed by atoms with Gasteiger partial charge in [0.2, 0.25) is 0 Å². The van der Waals surface area contributed by atoms with E-state index in [4.69, 9.17) is 4.74 Å². The van der Waals surface area contributed by atoms with Crippen LogP contribution in [-0.4, -0.2) is 23.9 Å². The zero-order valence-corrected chi connectivity index (χ0v) is 10.6. The van der Waals surface area contributed by atoms with E-state index in [2.05, 4.69) is 22.0 Å². The van der Waals surface area contributed by atoms with E-state index < -0.39 is 5.60 Å². The van der Waals surface area contributed by atoms with Crippen molar-refractivity contribution < 1.29 is 9.84 Å². The first-order valence-corrected chi connectivity index (χ1v) is 6.18. The summed E-state index contributed by atoms with van der Waals surface area (Å²) in [6, 6.07) is 2.07. The maximum Gasteiger partial charge on any atom is 0.0795 e. The van der Waals surface area contributed by atoms with Crippen molar-refractivity contribution in [2.24, 2.45) is 0 Å². The average Bonchev–Trinajstić information content (AvgIpc) is 2.29. The lowest BCUT2D eigenvalue weighted by molar-refractivity contribution is -0.155. The molecule has 1 aliphatic heterocycles. The highest BCUT2D eigenvalue weighted by atomic mass is 79.9. The molecule has 2 nitrogen and oxygen atoms in total. The molecule has 0 amide bonds. The first-order chi connectivity index (χ1) is 6.46. The molecule has 1 aliphatic rings. The predicted octanol–water partition coefficient (Wildman–Crippen LogP) is 2.55. The van der Waals surface area contributed by atoms with Crippen molar-refractivity contribution in [2.75, 3.05) is 13.2 Å². The van der Waals surface area contributed by atoms with Gasteiger partial charge in [-0.05, 0) is 35.8 Å². The van der Waals surface area contributed by atoms with Gasteiger partial charge in [0.15, 0.2) is 0 Å². The van der Waals surface area contributed by atoms with Crippen LogP contribution in [0.5, 0.6) is 0 Å². The van der Waals surface area contributed by atoms with Gasteiger partial charge in [-0.2, -0.15) is 0 Å². The third-order valence-corrected chi connectivity index (χ3v) is 4.80. The third kappa shape index (κ3) is 1.45. The maximum atomic E-state index is 10.2. The molecule has 0 aliphatic carbocycles. The molecule has 1 saturated heterocycles. The molecule has 14 heavy (non-hydrogen) atoms. The Hall–Kier alpha value is 0.1000. The van der Waals surface area contributed by atoms with Crippen molar-refractivity contribution in [1.29, 1.82) is 0 Å². The fraction of sp³-hybridized carbons (Fsp3) is 0.600. The van der Waals surface area contributed by atoms with Gasteiger partial charge in [-0.3, -0.25) is 0 Å². The quantitative estimate of drug-likeness (QED) is 0.900. The number of halogens is 1. The minimum Gasteiger partial charge on any atom is -0.389 e. The fourth-order valence-corrected chi connectivity index (χ4v) is 3.42. The molecule has 2 rings (SSSR count). The molecule has 0 spiro atoms. The van der Waals surface area contributed by atoms with Crippen molar-refractivity contribution >= 4 is 27.3 Å². The molecule has 78 valence electrons. The number of hydrogen-bond acceptors (Lipinski definition) is 3. The highest BCUT2D eigenvalue weighted by Gasteiger charge is 2.52. The lowest BCUT2D eigenvalue weighted by atomic mass is 9.71. The average molecular weight is 277 g/mol. The van der Waals surface area contributed by atoms with E-state index in [0.717, 1.165) is 4.47 Å². The highest BCUT2D eigenvalue weighted by molar-refractivity contribution is 9.10. The van der Waals surface area contributed by atoms with E-state index in [1.807, 2.05) is 19.2 Å². The van der Waals surface area contributed by atoms with Gasteiger partial charge in [-0.15, -0.1) is 11.3 Å². The first-order valence-electron chi connectivity index (χ1n) is 4.50. The van der Waals surface area contributed by atoms with E-state index in [9.17, 15) is 5.11 Å². The molecule has 0 unspecified atom stereocenters. The molecule has 0 aromatic carbocycles. The molecule has 0 atom stereocenters. The van der Waals surface area contributed by atoms with Crippen LogP contribution in [0.15, 0.2) is 15.9 Å². The van der Waals surface area contributed by atoms with Crippen molar-refractivity contribution in [1.82, 2.24) is 0 Å². The molecule has 0 saturated carbocycles. The number of aliphatic hydroxyl groups is 1. The van der Waals surface area contributed by atoms with Crippen LogP contribution < -0.4 is 0 Å². The van der Waals surface area contributed by atoms with E-state index in [1.165, 1.54) is 4.88 Å². The molecular formula is C10H13BrO2S. The van der Waals surface area contributed by atoms with Gasteiger partial charge in [-0.1, -0.05) is 0 Å². The molecule has 1 aromatic heterocycles. The van der Waals surface area contributed by atoms with Gasteiger partial charge in [0.05, 0.1) is 24.2 Å². The zero-order valence-electron chi connectivity index (χ0n) is 8.21. The number of hydrogen-bond donors (Lipinski definition) is 1. The van der Waals surface area contributed by atoms with E-state index in [1.54, 1.807) is 11.3 Å². The molecule has 1 fully saturated rings. The Bertz CT molecular complexity index is 336. The van der Waals surface area contributed by atoms with Crippen LogP contribution in [0.25, 0.3) is 0 Å². The molecule has 1 aromatic rings. The SMILES string of the molecule is CC(C)(O)C1(c2cc(Br)cs2)COC1. The van der Waals surface area contributed by atoms with Gasteiger partial charge >= 0.3 is 0 Å². The summed E-state index contributed by atoms with van der Waals surface area (Å²) in [5.41, 5.74) is -0.931. The van der Waals surface area contributed by atoms with Crippen LogP contribution >= 0.6 is 27.3 Å². The normalized spacial score (nSPS) is 20.6. The Balaban J connectivity index is 2.38. The lowest BCUT2D eigenvalue weighted by Crippen LogP contribution is -2.60. The molecule has 0 radical (unpaired) electrons. The summed E-state index contributed by atoms with van der Waals surface area (Å²) < 4.78 is 6.34. The van der Waals surface area contributed by atoms with E-state index in [-0.39, 0.29) is 5.41 Å². The lowest BCUT2D eigenvalue weighted by Gasteiger charge is -2.49. The largest absolute Gasteiger partial charge is 0.389 e. The topological polar surface area (TPSA) is 29.5 Å². The molecule has 2 heterocycles. The molecule has 0 bridgehead atoms. The summed E-state index contributed by atoms with van der Waals surface area (Å²) in [6.45, 7) is 4.93. The second-order valence-corrected chi connectivity index (χ2v) is 6.09. The summed E-state index contributed by atoms with van der Waals surface area (Å²) in [7, 11) is 0. The van der Waals surface area contributed by atoms with Crippen LogP contribution in [-0.2, 0) is 10.2 Å². The van der Waals surface area contributed by atoms with Gasteiger partial charge in [-0.25, -0.2) is 0 Å². The Morgan fingerprint density at radius 3 is 2.50 bits per heavy atom. The number of ether oxygens (including phenoxy) is 1. The molecule has 1 N–H and O–H groups in total. The van der Waals surface area contributed by atoms with Crippen LogP contribution in [0, 0.1) is 0 Å². The third-order valence-electron chi connectivity index (χ3n) is 2.91. The molecular weight excluding hydrogens is 264 g/mol. The Labute approximate surface area is 96.0 Å². The fourth-order valence-electron chi connectivity index (χ4n) is 1.67. The minimum atomic E-state index is -0.727. The van der Waals surface area contributed by atoms with Crippen molar-refractivity contribution in [3.8, 4) is 0 Å². The zero-order chi connectivity index (χ0) is 10.4. The Morgan fingerprint density at radius 1 is 1.57 bits per heavy atom. The highest BCUT2D eigenvalue weighted by Crippen LogP contribution is 2.44. The van der Waals surface area contributed by atoms with Gasteiger partial charge in [0, 0.05) is 14.7 Å². The summed E-state index contributed by atoms with van der Waals surface area (Å²) in [6.07, 6.45) is 0. The second-order valence-electron chi connectivity index (χ2n) is 4.26. The van der Waals surface area contributed by atoms with Crippen LogP contribution in [0.1, 0.15) is 18.7 Å². The van der Waals surface area contributed by atoms with Crippen LogP contribution in [0.2, 0.25) is 0 Å². The van der Waals surface area contributed by atoms with Gasteiger partial charge < -0.3 is 9.84 Å². The Morgan fingerprint density at radius 2 is 2.21 bits per heavy atom. The van der Waals surface area contributed by atoms with Crippen molar-refractivity contribution in [3.05, 3.63) is 20.8 Å². The van der Waals surface area contributed by atoms with Gasteiger partial charge in [0.25, 0.3) is 0 Å². The van der Waals surface area contributed by atoms with Crippen molar-refractivity contribution in [3.63, 3.8) is 0 Å². The molecule has 4 heteroatoms. The summed E-state index contributed by atoms with van der Waals surface area (Å²) in [5.74, 6) is 0. The summed E-state index contributed by atoms with van der Waals surface area (Å²) >= 11 is 5.10. The van der Waals surface area contributed by atoms with Gasteiger partial charge in [0.1, 0.15) is 0 Å². The summed E-state index contributed by atoms with van der Waals surface area (Å²) in [4.78, 5) is 1.20. The monoisotopic (exact) mass is 276 g/mol. The number of thiophene rings is 1. The van der Waals surface area contributed by atoms with Crippen LogP contribution in [0.4, 0.5) is 0 Å². The standard InChI is InChI=1S/C10H13BrO2S/c1-9(2,12)10(5-13-6-10)8-3-7(11)4-14-8/h3-4,12H,5-6H2,1-2H3. The summed E-state index contributed by atoms with van der Waals surface area (Å²) in [5, 5.41) is 12.2. The predicted molar refractivity (Wildman–Crippen MR) is 60.8 cm³/mol. The first kappa shape index (κ1) is 10.6. The van der Waals surface area contributed by atoms with E-state index >= 15 is 0 Å². The van der Waals surface area contributed by atoms with Crippen LogP contribution in [0.3, 0.4) is 0 Å². The minimum absolute atomic E-state index is 0.205. The van der Waals surface area contributed by atoms with Crippen molar-refractivity contribution in [2.45, 2.75) is 24.9 Å². The second kappa shape index (κ2) is 3.30. The smallest absolute Gasteiger partial charge is 0.0795 e. The number of rotatable bonds is 2. The van der Waals surface area contributed by atoms with E-state index in [0.29, 0.717) is 13.2 Å². The Kier molecular flexibility index (Phi) is 2.50. The maximum absolute atomic E-state index is 10.2.